The van der Waals surface area contributed by atoms with Crippen molar-refractivity contribution in [1.82, 2.24) is 9.97 Å². The third kappa shape index (κ3) is 3.35. The number of aromatic nitrogens is 2. The molecule has 2 rings (SSSR count). The largest absolute Gasteiger partial charge is 0.361 e. The van der Waals surface area contributed by atoms with Crippen LogP contribution in [0.25, 0.3) is 0 Å². The molecule has 2 aromatic rings. The second-order valence-corrected chi connectivity index (χ2v) is 5.77. The lowest BCUT2D eigenvalue weighted by atomic mass is 10.1. The van der Waals surface area contributed by atoms with E-state index in [2.05, 4.69) is 15.3 Å². The summed E-state index contributed by atoms with van der Waals surface area (Å²) in [6.45, 7) is 5.74. The minimum Gasteiger partial charge on any atom is -0.361 e. The number of rotatable bonds is 3. The molecule has 1 aromatic carbocycles. The highest BCUT2D eigenvalue weighted by atomic mass is 35.5. The molecule has 0 aliphatic rings. The van der Waals surface area contributed by atoms with Gasteiger partial charge in [0.15, 0.2) is 11.0 Å². The van der Waals surface area contributed by atoms with Crippen LogP contribution in [0, 0.1) is 13.8 Å². The first kappa shape index (κ1) is 15.4. The van der Waals surface area contributed by atoms with Gasteiger partial charge in [-0.15, -0.1) is 0 Å². The molecule has 1 aromatic heterocycles. The van der Waals surface area contributed by atoms with Gasteiger partial charge < -0.3 is 5.32 Å². The number of halogens is 3. The van der Waals surface area contributed by atoms with Crippen molar-refractivity contribution in [1.29, 1.82) is 0 Å². The minimum atomic E-state index is -0.0614. The first-order valence-electron chi connectivity index (χ1n) is 6.10. The lowest BCUT2D eigenvalue weighted by molar-refractivity contribution is 0.865. The number of nitrogens with one attached hydrogen (secondary N) is 1. The summed E-state index contributed by atoms with van der Waals surface area (Å²) in [6, 6.07) is 5.33. The fourth-order valence-electron chi connectivity index (χ4n) is 1.80. The van der Waals surface area contributed by atoms with Gasteiger partial charge in [0.2, 0.25) is 0 Å². The first-order valence-corrected chi connectivity index (χ1v) is 7.24. The number of hydrogen-bond donors (Lipinski definition) is 1. The van der Waals surface area contributed by atoms with E-state index in [9.17, 15) is 0 Å². The Morgan fingerprint density at radius 1 is 1.05 bits per heavy atom. The predicted molar refractivity (Wildman–Crippen MR) is 85.0 cm³/mol. The maximum absolute atomic E-state index is 6.19. The van der Waals surface area contributed by atoms with Crippen molar-refractivity contribution in [2.45, 2.75) is 26.8 Å². The molecule has 0 saturated heterocycles. The monoisotopic (exact) mass is 329 g/mol. The molecule has 1 unspecified atom stereocenters. The number of aryl methyl sites for hydroxylation is 2. The van der Waals surface area contributed by atoms with E-state index in [-0.39, 0.29) is 6.04 Å². The average Bonchev–Trinajstić information content (AvgIpc) is 2.35. The second-order valence-electron chi connectivity index (χ2n) is 4.57. The molecule has 1 atom stereocenters. The Morgan fingerprint density at radius 2 is 1.70 bits per heavy atom. The summed E-state index contributed by atoms with van der Waals surface area (Å²) in [5.74, 6) is 0.549. The van der Waals surface area contributed by atoms with Crippen molar-refractivity contribution in [2.24, 2.45) is 0 Å². The Kier molecular flexibility index (Phi) is 4.74. The maximum Gasteiger partial charge on any atom is 0.171 e. The maximum atomic E-state index is 6.19. The highest BCUT2D eigenvalue weighted by molar-refractivity contribution is 6.35. The van der Waals surface area contributed by atoms with E-state index in [0.29, 0.717) is 21.0 Å². The zero-order valence-electron chi connectivity index (χ0n) is 11.3. The molecule has 0 radical (unpaired) electrons. The molecule has 0 aliphatic carbocycles. The van der Waals surface area contributed by atoms with Gasteiger partial charge in [0.1, 0.15) is 0 Å². The van der Waals surface area contributed by atoms with Crippen molar-refractivity contribution >= 4 is 40.6 Å². The van der Waals surface area contributed by atoms with Crippen molar-refractivity contribution in [3.8, 4) is 0 Å². The summed E-state index contributed by atoms with van der Waals surface area (Å²) in [7, 11) is 0. The molecule has 6 heteroatoms. The molecule has 0 amide bonds. The highest BCUT2D eigenvalue weighted by Crippen LogP contribution is 2.29. The molecule has 0 saturated carbocycles. The SMILES string of the molecule is Cc1nc(Cl)c(NC(C)c2ccc(Cl)cc2Cl)nc1C. The lowest BCUT2D eigenvalue weighted by Crippen LogP contribution is -2.10. The van der Waals surface area contributed by atoms with Gasteiger partial charge in [0.25, 0.3) is 0 Å². The van der Waals surface area contributed by atoms with Gasteiger partial charge in [-0.25, -0.2) is 9.97 Å². The third-order valence-corrected chi connectivity index (χ3v) is 3.87. The lowest BCUT2D eigenvalue weighted by Gasteiger charge is -2.17. The van der Waals surface area contributed by atoms with Crippen LogP contribution in [-0.2, 0) is 0 Å². The Balaban J connectivity index is 2.27. The second kappa shape index (κ2) is 6.17. The van der Waals surface area contributed by atoms with Gasteiger partial charge in [-0.05, 0) is 38.5 Å². The van der Waals surface area contributed by atoms with Crippen LogP contribution in [0.3, 0.4) is 0 Å². The van der Waals surface area contributed by atoms with Crippen LogP contribution in [0.2, 0.25) is 15.2 Å². The van der Waals surface area contributed by atoms with Crippen LogP contribution in [0.5, 0.6) is 0 Å². The van der Waals surface area contributed by atoms with E-state index in [0.717, 1.165) is 17.0 Å². The number of benzene rings is 1. The Hall–Kier alpha value is -1.03. The highest BCUT2D eigenvalue weighted by Gasteiger charge is 2.14. The van der Waals surface area contributed by atoms with Crippen LogP contribution in [0.1, 0.15) is 29.9 Å². The normalized spacial score (nSPS) is 12.3. The van der Waals surface area contributed by atoms with Gasteiger partial charge >= 0.3 is 0 Å². The zero-order valence-corrected chi connectivity index (χ0v) is 13.6. The van der Waals surface area contributed by atoms with Crippen LogP contribution >= 0.6 is 34.8 Å². The molecule has 1 N–H and O–H groups in total. The topological polar surface area (TPSA) is 37.8 Å². The summed E-state index contributed by atoms with van der Waals surface area (Å²) in [4.78, 5) is 8.65. The molecular formula is C14H14Cl3N3. The van der Waals surface area contributed by atoms with E-state index in [4.69, 9.17) is 34.8 Å². The predicted octanol–water partition coefficient (Wildman–Crippen LogP) is 5.23. The zero-order chi connectivity index (χ0) is 14.9. The first-order chi connectivity index (χ1) is 9.38. The summed E-state index contributed by atoms with van der Waals surface area (Å²) in [6.07, 6.45) is 0. The van der Waals surface area contributed by atoms with Gasteiger partial charge in [-0.2, -0.15) is 0 Å². The summed E-state index contributed by atoms with van der Waals surface area (Å²) in [5.41, 5.74) is 2.58. The van der Waals surface area contributed by atoms with Crippen molar-refractivity contribution in [3.05, 3.63) is 50.3 Å². The van der Waals surface area contributed by atoms with Gasteiger partial charge in [-0.3, -0.25) is 0 Å². The third-order valence-electron chi connectivity index (χ3n) is 3.05. The molecule has 0 fully saturated rings. The minimum absolute atomic E-state index is 0.0614. The molecule has 0 bridgehead atoms. The number of anilines is 1. The molecule has 1 heterocycles. The smallest absolute Gasteiger partial charge is 0.171 e. The van der Waals surface area contributed by atoms with Crippen molar-refractivity contribution < 1.29 is 0 Å². The molecule has 3 nitrogen and oxygen atoms in total. The van der Waals surface area contributed by atoms with E-state index >= 15 is 0 Å². The Labute approximate surface area is 133 Å². The molecule has 20 heavy (non-hydrogen) atoms. The van der Waals surface area contributed by atoms with Crippen LogP contribution in [0.4, 0.5) is 5.82 Å². The van der Waals surface area contributed by atoms with E-state index < -0.39 is 0 Å². The van der Waals surface area contributed by atoms with E-state index in [1.807, 2.05) is 26.8 Å². The van der Waals surface area contributed by atoms with Crippen molar-refractivity contribution in [2.75, 3.05) is 5.32 Å². The molecule has 0 spiro atoms. The van der Waals surface area contributed by atoms with Gasteiger partial charge in [0, 0.05) is 10.0 Å². The van der Waals surface area contributed by atoms with Gasteiger partial charge in [0.05, 0.1) is 17.4 Å². The van der Waals surface area contributed by atoms with E-state index in [1.165, 1.54) is 0 Å². The quantitative estimate of drug-likeness (QED) is 0.837. The van der Waals surface area contributed by atoms with Crippen molar-refractivity contribution in [3.63, 3.8) is 0 Å². The van der Waals surface area contributed by atoms with Crippen LogP contribution < -0.4 is 5.32 Å². The molecule has 106 valence electrons. The molecular weight excluding hydrogens is 317 g/mol. The van der Waals surface area contributed by atoms with Crippen LogP contribution in [-0.4, -0.2) is 9.97 Å². The van der Waals surface area contributed by atoms with Crippen LogP contribution in [0.15, 0.2) is 18.2 Å². The molecule has 0 aliphatic heterocycles. The van der Waals surface area contributed by atoms with Gasteiger partial charge in [-0.1, -0.05) is 40.9 Å². The number of hydrogen-bond acceptors (Lipinski definition) is 3. The Bertz CT molecular complexity index is 644. The van der Waals surface area contributed by atoms with E-state index in [1.54, 1.807) is 12.1 Å². The standard InChI is InChI=1S/C14H14Cl3N3/c1-7-8(2)19-14(13(17)18-7)20-9(3)11-5-4-10(15)6-12(11)16/h4-6,9H,1-3H3,(H,19,20). The summed E-state index contributed by atoms with van der Waals surface area (Å²) in [5, 5.41) is 4.78. The fraction of sp³-hybridized carbons (Fsp3) is 0.286. The number of nitrogens with zero attached hydrogens (tertiary/aromatic N) is 2. The summed E-state index contributed by atoms with van der Waals surface area (Å²) < 4.78 is 0. The average molecular weight is 331 g/mol. The summed E-state index contributed by atoms with van der Waals surface area (Å²) >= 11 is 18.2. The Morgan fingerprint density at radius 3 is 2.35 bits per heavy atom. The fourth-order valence-corrected chi connectivity index (χ4v) is 2.60.